The van der Waals surface area contributed by atoms with Gasteiger partial charge in [0.25, 0.3) is 0 Å². The summed E-state index contributed by atoms with van der Waals surface area (Å²) in [4.78, 5) is 12.0. The van der Waals surface area contributed by atoms with E-state index in [0.717, 1.165) is 5.56 Å². The summed E-state index contributed by atoms with van der Waals surface area (Å²) in [6, 6.07) is 4.53. The molecule has 124 valence electrons. The maximum atomic E-state index is 13.5. The minimum atomic E-state index is -0.299. The number of hydrogen-bond donors (Lipinski definition) is 2. The smallest absolute Gasteiger partial charge is 0.237 e. The number of rotatable bonds is 6. The molecule has 1 heterocycles. The molecule has 2 N–H and O–H groups in total. The Morgan fingerprint density at radius 2 is 2.23 bits per heavy atom. The Kier molecular flexibility index (Phi) is 7.75. The molecule has 0 radical (unpaired) electrons. The Hall–Kier alpha value is -1.21. The molecule has 1 saturated heterocycles. The lowest BCUT2D eigenvalue weighted by molar-refractivity contribution is -0.123. The van der Waals surface area contributed by atoms with Gasteiger partial charge in [0.15, 0.2) is 0 Å². The quantitative estimate of drug-likeness (QED) is 0.826. The van der Waals surface area contributed by atoms with Gasteiger partial charge in [-0.25, -0.2) is 4.39 Å². The van der Waals surface area contributed by atoms with Gasteiger partial charge < -0.3 is 20.1 Å². The third kappa shape index (κ3) is 4.91. The zero-order valence-corrected chi connectivity index (χ0v) is 13.5. The van der Waals surface area contributed by atoms with Crippen LogP contribution in [0.3, 0.4) is 0 Å². The van der Waals surface area contributed by atoms with Crippen molar-refractivity contribution in [3.63, 3.8) is 0 Å². The van der Waals surface area contributed by atoms with Crippen molar-refractivity contribution < 1.29 is 18.7 Å². The summed E-state index contributed by atoms with van der Waals surface area (Å²) < 4.78 is 23.6. The van der Waals surface area contributed by atoms with Gasteiger partial charge in [0.05, 0.1) is 18.8 Å². The highest BCUT2D eigenvalue weighted by atomic mass is 35.5. The molecule has 0 aromatic heterocycles. The molecule has 5 nitrogen and oxygen atoms in total. The number of hydrogen-bond acceptors (Lipinski definition) is 4. The lowest BCUT2D eigenvalue weighted by atomic mass is 10.1. The van der Waals surface area contributed by atoms with Crippen molar-refractivity contribution in [1.29, 1.82) is 0 Å². The molecule has 1 amide bonds. The number of carbonyl (C=O) groups is 1. The van der Waals surface area contributed by atoms with Gasteiger partial charge in [0.2, 0.25) is 5.91 Å². The molecule has 1 fully saturated rings. The highest BCUT2D eigenvalue weighted by molar-refractivity contribution is 5.85. The maximum absolute atomic E-state index is 13.5. The van der Waals surface area contributed by atoms with Gasteiger partial charge in [0.1, 0.15) is 5.82 Å². The van der Waals surface area contributed by atoms with Crippen LogP contribution in [0.1, 0.15) is 17.5 Å². The van der Waals surface area contributed by atoms with E-state index in [2.05, 4.69) is 10.6 Å². The third-order valence-electron chi connectivity index (χ3n) is 3.62. The van der Waals surface area contributed by atoms with Gasteiger partial charge >= 0.3 is 0 Å². The van der Waals surface area contributed by atoms with Crippen molar-refractivity contribution in [1.82, 2.24) is 10.6 Å². The van der Waals surface area contributed by atoms with E-state index < -0.39 is 0 Å². The molecule has 1 aliphatic heterocycles. The molecule has 0 bridgehead atoms. The van der Waals surface area contributed by atoms with Crippen LogP contribution in [-0.4, -0.2) is 38.8 Å². The van der Waals surface area contributed by atoms with Crippen LogP contribution in [0.25, 0.3) is 0 Å². The van der Waals surface area contributed by atoms with Crippen LogP contribution >= 0.6 is 12.4 Å². The van der Waals surface area contributed by atoms with Crippen LogP contribution in [0.4, 0.5) is 4.39 Å². The predicted molar refractivity (Wildman–Crippen MR) is 83.4 cm³/mol. The summed E-state index contributed by atoms with van der Waals surface area (Å²) in [5.74, 6) is -0.362. The molecule has 2 rings (SSSR count). The summed E-state index contributed by atoms with van der Waals surface area (Å²) in [5, 5.41) is 5.97. The summed E-state index contributed by atoms with van der Waals surface area (Å²) >= 11 is 0. The van der Waals surface area contributed by atoms with Crippen LogP contribution < -0.4 is 10.6 Å². The van der Waals surface area contributed by atoms with Gasteiger partial charge in [-0.2, -0.15) is 0 Å². The molecule has 0 aliphatic carbocycles. The molecular weight excluding hydrogens is 311 g/mol. The van der Waals surface area contributed by atoms with Gasteiger partial charge in [-0.05, 0) is 24.1 Å². The number of nitrogens with one attached hydrogen (secondary N) is 2. The number of ether oxygens (including phenoxy) is 2. The zero-order valence-electron chi connectivity index (χ0n) is 12.7. The summed E-state index contributed by atoms with van der Waals surface area (Å²) in [5.41, 5.74) is 1.33. The lowest BCUT2D eigenvalue weighted by Crippen LogP contribution is -2.40. The predicted octanol–water partition coefficient (Wildman–Crippen LogP) is 1.39. The Bertz CT molecular complexity index is 502. The van der Waals surface area contributed by atoms with Gasteiger partial charge in [-0.1, -0.05) is 6.07 Å². The molecule has 2 atom stereocenters. The average Bonchev–Trinajstić information content (AvgIpc) is 2.97. The Morgan fingerprint density at radius 1 is 1.45 bits per heavy atom. The second-order valence-electron chi connectivity index (χ2n) is 5.13. The van der Waals surface area contributed by atoms with Crippen molar-refractivity contribution in [2.45, 2.75) is 31.7 Å². The van der Waals surface area contributed by atoms with Gasteiger partial charge in [-0.15, -0.1) is 12.4 Å². The van der Waals surface area contributed by atoms with E-state index in [1.807, 2.05) is 0 Å². The van der Waals surface area contributed by atoms with Crippen molar-refractivity contribution in [2.24, 2.45) is 0 Å². The lowest BCUT2D eigenvalue weighted by Gasteiger charge is -2.12. The molecule has 7 heteroatoms. The largest absolute Gasteiger partial charge is 0.380 e. The second-order valence-corrected chi connectivity index (χ2v) is 5.13. The fourth-order valence-corrected chi connectivity index (χ4v) is 2.40. The minimum Gasteiger partial charge on any atom is -0.380 e. The van der Waals surface area contributed by atoms with Crippen LogP contribution in [0, 0.1) is 5.82 Å². The van der Waals surface area contributed by atoms with Crippen molar-refractivity contribution >= 4 is 18.3 Å². The summed E-state index contributed by atoms with van der Waals surface area (Å²) in [7, 11) is 3.16. The highest BCUT2D eigenvalue weighted by Gasteiger charge is 2.28. The fourth-order valence-electron chi connectivity index (χ4n) is 2.40. The number of benzene rings is 1. The van der Waals surface area contributed by atoms with E-state index in [-0.39, 0.29) is 42.9 Å². The molecule has 0 spiro atoms. The SMILES string of the molecule is COCc1cc(CNC(=O)[C@@H]2C[C@H](OC)CN2)ccc1F.Cl. The molecule has 1 aliphatic rings. The van der Waals surface area contributed by atoms with E-state index in [4.69, 9.17) is 9.47 Å². The van der Waals surface area contributed by atoms with E-state index in [1.165, 1.54) is 13.2 Å². The second kappa shape index (κ2) is 9.05. The Labute approximate surface area is 136 Å². The molecule has 0 unspecified atom stereocenters. The zero-order chi connectivity index (χ0) is 15.2. The first-order valence-corrected chi connectivity index (χ1v) is 6.94. The van der Waals surface area contributed by atoms with E-state index in [1.54, 1.807) is 19.2 Å². The topological polar surface area (TPSA) is 59.6 Å². The molecule has 1 aromatic carbocycles. The molecular formula is C15H22ClFN2O3. The molecule has 0 saturated carbocycles. The standard InChI is InChI=1S/C15H21FN2O3.ClH/c1-20-9-11-5-10(3-4-13(11)16)7-18-15(19)14-6-12(21-2)8-17-14;/h3-5,12,14,17H,6-9H2,1-2H3,(H,18,19);1H/t12-,14-;/m0./s1. The normalized spacial score (nSPS) is 20.5. The van der Waals surface area contributed by atoms with Crippen molar-refractivity contribution in [2.75, 3.05) is 20.8 Å². The number of amides is 1. The minimum absolute atomic E-state index is 0. The first kappa shape index (κ1) is 18.8. The monoisotopic (exact) mass is 332 g/mol. The van der Waals surface area contributed by atoms with Crippen LogP contribution in [0.15, 0.2) is 18.2 Å². The van der Waals surface area contributed by atoms with Crippen LogP contribution in [-0.2, 0) is 27.4 Å². The molecule has 1 aromatic rings. The first-order valence-electron chi connectivity index (χ1n) is 6.94. The van der Waals surface area contributed by atoms with Crippen LogP contribution in [0.5, 0.6) is 0 Å². The van der Waals surface area contributed by atoms with Crippen molar-refractivity contribution in [3.8, 4) is 0 Å². The van der Waals surface area contributed by atoms with E-state index in [9.17, 15) is 9.18 Å². The van der Waals surface area contributed by atoms with Gasteiger partial charge in [-0.3, -0.25) is 4.79 Å². The Morgan fingerprint density at radius 3 is 2.86 bits per heavy atom. The Balaban J connectivity index is 0.00000242. The van der Waals surface area contributed by atoms with Gasteiger partial charge in [0, 0.05) is 32.9 Å². The fraction of sp³-hybridized carbons (Fsp3) is 0.533. The van der Waals surface area contributed by atoms with E-state index >= 15 is 0 Å². The van der Waals surface area contributed by atoms with E-state index in [0.29, 0.717) is 25.1 Å². The van der Waals surface area contributed by atoms with Crippen molar-refractivity contribution in [3.05, 3.63) is 35.1 Å². The third-order valence-corrected chi connectivity index (χ3v) is 3.62. The number of halogens is 2. The average molecular weight is 333 g/mol. The van der Waals surface area contributed by atoms with Crippen LogP contribution in [0.2, 0.25) is 0 Å². The maximum Gasteiger partial charge on any atom is 0.237 e. The molecule has 22 heavy (non-hydrogen) atoms. The summed E-state index contributed by atoms with van der Waals surface area (Å²) in [6.07, 6.45) is 0.751. The summed E-state index contributed by atoms with van der Waals surface area (Å²) in [6.45, 7) is 1.27. The number of methoxy groups -OCH3 is 2. The number of carbonyl (C=O) groups excluding carboxylic acids is 1. The first-order chi connectivity index (χ1) is 10.1. The highest BCUT2D eigenvalue weighted by Crippen LogP contribution is 2.13.